The predicted octanol–water partition coefficient (Wildman–Crippen LogP) is 0.984. The minimum Gasteiger partial charge on any atom is -0.326 e. The fourth-order valence-corrected chi connectivity index (χ4v) is 3.46. The summed E-state index contributed by atoms with van der Waals surface area (Å²) in [6.45, 7) is 0. The van der Waals surface area contributed by atoms with Crippen molar-refractivity contribution in [2.24, 2.45) is 5.73 Å². The van der Waals surface area contributed by atoms with E-state index in [1.54, 1.807) is 0 Å². The quantitative estimate of drug-likeness (QED) is 0.849. The third-order valence-corrected chi connectivity index (χ3v) is 4.53. The van der Waals surface area contributed by atoms with E-state index in [0.29, 0.717) is 6.42 Å². The van der Waals surface area contributed by atoms with Crippen LogP contribution >= 0.6 is 0 Å². The zero-order valence-electron chi connectivity index (χ0n) is 9.27. The van der Waals surface area contributed by atoms with Gasteiger partial charge in [-0.15, -0.1) is 0 Å². The van der Waals surface area contributed by atoms with E-state index in [1.807, 2.05) is 0 Å². The molecule has 0 amide bonds. The summed E-state index contributed by atoms with van der Waals surface area (Å²) in [5.41, 5.74) is 5.78. The number of sulfonamides is 1. The summed E-state index contributed by atoms with van der Waals surface area (Å²) < 4.78 is 39.8. The molecule has 0 aromatic heterocycles. The molecule has 0 bridgehead atoms. The molecule has 1 fully saturated rings. The standard InChI is InChI=1S/C11H15FN2O2S/c12-8-4-1-2-7-11(8)17(15,16)14-10-6-3-5-9(10)13/h1-2,4,7,9-10,14H,3,5-6,13H2. The fraction of sp³-hybridized carbons (Fsp3) is 0.455. The van der Waals surface area contributed by atoms with Gasteiger partial charge in [0.2, 0.25) is 10.0 Å². The Morgan fingerprint density at radius 1 is 1.29 bits per heavy atom. The van der Waals surface area contributed by atoms with Crippen LogP contribution in [0, 0.1) is 5.82 Å². The van der Waals surface area contributed by atoms with Gasteiger partial charge in [0.1, 0.15) is 10.7 Å². The topological polar surface area (TPSA) is 72.2 Å². The average molecular weight is 258 g/mol. The van der Waals surface area contributed by atoms with Crippen molar-refractivity contribution in [2.45, 2.75) is 36.2 Å². The summed E-state index contributed by atoms with van der Waals surface area (Å²) in [4.78, 5) is -0.320. The van der Waals surface area contributed by atoms with E-state index in [-0.39, 0.29) is 17.0 Å². The highest BCUT2D eigenvalue weighted by atomic mass is 32.2. The lowest BCUT2D eigenvalue weighted by molar-refractivity contribution is 0.514. The largest absolute Gasteiger partial charge is 0.326 e. The molecule has 1 aliphatic carbocycles. The zero-order chi connectivity index (χ0) is 12.5. The van der Waals surface area contributed by atoms with Crippen LogP contribution in [0.3, 0.4) is 0 Å². The number of hydrogen-bond acceptors (Lipinski definition) is 3. The third kappa shape index (κ3) is 2.65. The highest BCUT2D eigenvalue weighted by Crippen LogP contribution is 2.20. The Hall–Kier alpha value is -0.980. The second kappa shape index (κ2) is 4.72. The molecule has 3 N–H and O–H groups in total. The SMILES string of the molecule is NC1CCCC1NS(=O)(=O)c1ccccc1F. The van der Waals surface area contributed by atoms with Crippen LogP contribution in [0.25, 0.3) is 0 Å². The molecule has 2 rings (SSSR count). The lowest BCUT2D eigenvalue weighted by Crippen LogP contribution is -2.44. The van der Waals surface area contributed by atoms with Crippen LogP contribution in [0.15, 0.2) is 29.2 Å². The number of nitrogens with two attached hydrogens (primary N) is 1. The Balaban J connectivity index is 2.22. The number of halogens is 1. The van der Waals surface area contributed by atoms with Gasteiger partial charge in [-0.2, -0.15) is 0 Å². The van der Waals surface area contributed by atoms with Crippen molar-refractivity contribution in [1.29, 1.82) is 0 Å². The molecule has 1 aromatic rings. The summed E-state index contributed by atoms with van der Waals surface area (Å²) in [6, 6.07) is 4.85. The molecule has 6 heteroatoms. The normalized spacial score (nSPS) is 25.1. The van der Waals surface area contributed by atoms with Gasteiger partial charge in [0.05, 0.1) is 0 Å². The lowest BCUT2D eigenvalue weighted by atomic mass is 10.2. The first-order chi connectivity index (χ1) is 8.00. The van der Waals surface area contributed by atoms with Crippen LogP contribution < -0.4 is 10.5 Å². The molecule has 0 heterocycles. The van der Waals surface area contributed by atoms with Crippen molar-refractivity contribution in [3.63, 3.8) is 0 Å². The molecular weight excluding hydrogens is 243 g/mol. The van der Waals surface area contributed by atoms with Crippen LogP contribution in [0.2, 0.25) is 0 Å². The molecule has 0 aliphatic heterocycles. The first-order valence-corrected chi connectivity index (χ1v) is 7.01. The number of rotatable bonds is 3. The van der Waals surface area contributed by atoms with Crippen LogP contribution in [0.4, 0.5) is 4.39 Å². The molecule has 1 saturated carbocycles. The molecule has 0 saturated heterocycles. The van der Waals surface area contributed by atoms with Gasteiger partial charge in [0.15, 0.2) is 0 Å². The Bertz CT molecular complexity index is 504. The summed E-state index contributed by atoms with van der Waals surface area (Å²) in [6.07, 6.45) is 2.39. The maximum Gasteiger partial charge on any atom is 0.243 e. The molecule has 1 aromatic carbocycles. The Labute approximate surface area is 100 Å². The van der Waals surface area contributed by atoms with Gasteiger partial charge in [-0.1, -0.05) is 18.6 Å². The van der Waals surface area contributed by atoms with Crippen molar-refractivity contribution >= 4 is 10.0 Å². The van der Waals surface area contributed by atoms with Gasteiger partial charge in [-0.05, 0) is 25.0 Å². The van der Waals surface area contributed by atoms with Gasteiger partial charge in [-0.3, -0.25) is 0 Å². The molecule has 0 radical (unpaired) electrons. The van der Waals surface area contributed by atoms with E-state index >= 15 is 0 Å². The van der Waals surface area contributed by atoms with E-state index in [2.05, 4.69) is 4.72 Å². The monoisotopic (exact) mass is 258 g/mol. The van der Waals surface area contributed by atoms with Gasteiger partial charge in [-0.25, -0.2) is 17.5 Å². The van der Waals surface area contributed by atoms with Crippen molar-refractivity contribution in [3.05, 3.63) is 30.1 Å². The summed E-state index contributed by atoms with van der Waals surface area (Å²) in [7, 11) is -3.81. The maximum absolute atomic E-state index is 13.4. The van der Waals surface area contributed by atoms with Crippen LogP contribution in [-0.4, -0.2) is 20.5 Å². The second-order valence-electron chi connectivity index (χ2n) is 4.25. The summed E-state index contributed by atoms with van der Waals surface area (Å²) in [5, 5.41) is 0. The van der Waals surface area contributed by atoms with Gasteiger partial charge in [0, 0.05) is 12.1 Å². The lowest BCUT2D eigenvalue weighted by Gasteiger charge is -2.17. The minimum atomic E-state index is -3.81. The van der Waals surface area contributed by atoms with Crippen LogP contribution in [0.5, 0.6) is 0 Å². The van der Waals surface area contributed by atoms with Crippen molar-refractivity contribution in [2.75, 3.05) is 0 Å². The highest BCUT2D eigenvalue weighted by molar-refractivity contribution is 7.89. The Kier molecular flexibility index (Phi) is 3.46. The molecule has 17 heavy (non-hydrogen) atoms. The van der Waals surface area contributed by atoms with E-state index in [4.69, 9.17) is 5.73 Å². The molecule has 4 nitrogen and oxygen atoms in total. The van der Waals surface area contributed by atoms with E-state index < -0.39 is 15.8 Å². The third-order valence-electron chi connectivity index (χ3n) is 3.00. The van der Waals surface area contributed by atoms with E-state index in [1.165, 1.54) is 18.2 Å². The highest BCUT2D eigenvalue weighted by Gasteiger charge is 2.29. The van der Waals surface area contributed by atoms with Crippen LogP contribution in [0.1, 0.15) is 19.3 Å². The zero-order valence-corrected chi connectivity index (χ0v) is 10.1. The molecule has 2 atom stereocenters. The fourth-order valence-electron chi connectivity index (χ4n) is 2.06. The minimum absolute atomic E-state index is 0.184. The van der Waals surface area contributed by atoms with Gasteiger partial charge < -0.3 is 5.73 Å². The Morgan fingerprint density at radius 2 is 2.00 bits per heavy atom. The van der Waals surface area contributed by atoms with Crippen LogP contribution in [-0.2, 0) is 10.0 Å². The van der Waals surface area contributed by atoms with Gasteiger partial charge >= 0.3 is 0 Å². The number of benzene rings is 1. The summed E-state index contributed by atoms with van der Waals surface area (Å²) >= 11 is 0. The van der Waals surface area contributed by atoms with E-state index in [0.717, 1.165) is 18.9 Å². The van der Waals surface area contributed by atoms with Crippen molar-refractivity contribution in [1.82, 2.24) is 4.72 Å². The second-order valence-corrected chi connectivity index (χ2v) is 5.94. The molecule has 1 aliphatic rings. The Morgan fingerprint density at radius 3 is 2.59 bits per heavy atom. The molecule has 2 unspecified atom stereocenters. The number of nitrogens with one attached hydrogen (secondary N) is 1. The number of hydrogen-bond donors (Lipinski definition) is 2. The maximum atomic E-state index is 13.4. The first kappa shape index (κ1) is 12.5. The van der Waals surface area contributed by atoms with E-state index in [9.17, 15) is 12.8 Å². The summed E-state index contributed by atoms with van der Waals surface area (Å²) in [5.74, 6) is -0.744. The molecule has 0 spiro atoms. The smallest absolute Gasteiger partial charge is 0.243 e. The predicted molar refractivity (Wildman–Crippen MR) is 62.3 cm³/mol. The first-order valence-electron chi connectivity index (χ1n) is 5.53. The average Bonchev–Trinajstić information content (AvgIpc) is 2.64. The van der Waals surface area contributed by atoms with Crippen molar-refractivity contribution in [3.8, 4) is 0 Å². The molecular formula is C11H15FN2O2S. The molecule has 94 valence electrons. The van der Waals surface area contributed by atoms with Gasteiger partial charge in [0.25, 0.3) is 0 Å². The van der Waals surface area contributed by atoms with Crippen molar-refractivity contribution < 1.29 is 12.8 Å².